The van der Waals surface area contributed by atoms with E-state index in [0.29, 0.717) is 0 Å². The van der Waals surface area contributed by atoms with Gasteiger partial charge in [0.05, 0.1) is 19.6 Å². The van der Waals surface area contributed by atoms with Crippen LogP contribution < -0.4 is 5.32 Å². The Labute approximate surface area is 113 Å². The Bertz CT molecular complexity index is 546. The van der Waals surface area contributed by atoms with Crippen LogP contribution >= 0.6 is 0 Å². The van der Waals surface area contributed by atoms with Crippen LogP contribution in [-0.4, -0.2) is 19.0 Å². The van der Waals surface area contributed by atoms with E-state index in [0.717, 1.165) is 20.1 Å². The highest BCUT2D eigenvalue weighted by atomic mass is 19.2. The quantitative estimate of drug-likeness (QED) is 0.682. The summed E-state index contributed by atoms with van der Waals surface area (Å²) in [6.45, 7) is 2.52. The number of halogens is 3. The molecule has 0 fully saturated rings. The van der Waals surface area contributed by atoms with E-state index in [-0.39, 0.29) is 17.5 Å². The number of carbonyl (C=O) groups is 2. The van der Waals surface area contributed by atoms with Crippen molar-refractivity contribution in [2.24, 2.45) is 0 Å². The standard InChI is InChI=1S/C13H14F3NO3/c1-6-4-8(14)12(15)13(16)11(6)9(17-7(2)18)5-10(19)20-3/h4,9H,5H2,1-3H3,(H,17,18). The molecule has 0 aliphatic heterocycles. The molecule has 1 unspecified atom stereocenters. The predicted molar refractivity (Wildman–Crippen MR) is 64.2 cm³/mol. The molecule has 1 rings (SSSR count). The molecule has 0 aliphatic carbocycles. The summed E-state index contributed by atoms with van der Waals surface area (Å²) >= 11 is 0. The fourth-order valence-corrected chi connectivity index (χ4v) is 1.88. The van der Waals surface area contributed by atoms with Crippen LogP contribution in [0.1, 0.15) is 30.5 Å². The molecule has 0 saturated heterocycles. The van der Waals surface area contributed by atoms with E-state index in [1.807, 2.05) is 0 Å². The molecule has 0 bridgehead atoms. The summed E-state index contributed by atoms with van der Waals surface area (Å²) in [6, 6.07) is -0.324. The Morgan fingerprint density at radius 2 is 1.90 bits per heavy atom. The fourth-order valence-electron chi connectivity index (χ4n) is 1.88. The second kappa shape index (κ2) is 6.40. The van der Waals surface area contributed by atoms with E-state index < -0.39 is 35.4 Å². The molecule has 1 amide bonds. The number of hydrogen-bond acceptors (Lipinski definition) is 3. The van der Waals surface area contributed by atoms with Crippen molar-refractivity contribution in [1.29, 1.82) is 0 Å². The number of nitrogens with one attached hydrogen (secondary N) is 1. The molecule has 0 radical (unpaired) electrons. The summed E-state index contributed by atoms with van der Waals surface area (Å²) in [5.41, 5.74) is -0.187. The molecule has 0 aliphatic rings. The van der Waals surface area contributed by atoms with Gasteiger partial charge in [-0.15, -0.1) is 0 Å². The van der Waals surface area contributed by atoms with Crippen LogP contribution in [0.3, 0.4) is 0 Å². The van der Waals surface area contributed by atoms with Crippen molar-refractivity contribution >= 4 is 11.9 Å². The number of aryl methyl sites for hydroxylation is 1. The van der Waals surface area contributed by atoms with Crippen LogP contribution in [-0.2, 0) is 14.3 Å². The third-order valence-corrected chi connectivity index (χ3v) is 2.73. The maximum Gasteiger partial charge on any atom is 0.307 e. The molecular formula is C13H14F3NO3. The summed E-state index contributed by atoms with van der Waals surface area (Å²) in [6.07, 6.45) is -0.390. The first-order chi connectivity index (χ1) is 9.27. The number of benzene rings is 1. The molecule has 0 aromatic heterocycles. The number of amides is 1. The molecule has 110 valence electrons. The van der Waals surface area contributed by atoms with Crippen molar-refractivity contribution in [3.63, 3.8) is 0 Å². The van der Waals surface area contributed by atoms with E-state index in [1.54, 1.807) is 0 Å². The first-order valence-electron chi connectivity index (χ1n) is 5.75. The van der Waals surface area contributed by atoms with E-state index in [2.05, 4.69) is 10.1 Å². The zero-order valence-electron chi connectivity index (χ0n) is 11.2. The highest BCUT2D eigenvalue weighted by Gasteiger charge is 2.26. The first-order valence-corrected chi connectivity index (χ1v) is 5.75. The zero-order valence-corrected chi connectivity index (χ0v) is 11.2. The molecule has 4 nitrogen and oxygen atoms in total. The molecule has 1 atom stereocenters. The van der Waals surface area contributed by atoms with E-state index >= 15 is 0 Å². The highest BCUT2D eigenvalue weighted by molar-refractivity contribution is 5.76. The van der Waals surface area contributed by atoms with Crippen molar-refractivity contribution in [2.75, 3.05) is 7.11 Å². The monoisotopic (exact) mass is 289 g/mol. The number of ether oxygens (including phenoxy) is 1. The molecule has 1 N–H and O–H groups in total. The van der Waals surface area contributed by atoms with Gasteiger partial charge in [-0.25, -0.2) is 13.2 Å². The topological polar surface area (TPSA) is 55.4 Å². The van der Waals surface area contributed by atoms with Crippen LogP contribution in [0.15, 0.2) is 6.07 Å². The lowest BCUT2D eigenvalue weighted by atomic mass is 9.97. The molecule has 1 aromatic carbocycles. The van der Waals surface area contributed by atoms with E-state index in [9.17, 15) is 22.8 Å². The zero-order chi connectivity index (χ0) is 15.4. The number of esters is 1. The molecular weight excluding hydrogens is 275 g/mol. The SMILES string of the molecule is COC(=O)CC(NC(C)=O)c1c(C)cc(F)c(F)c1F. The Morgan fingerprint density at radius 3 is 2.40 bits per heavy atom. The average molecular weight is 289 g/mol. The lowest BCUT2D eigenvalue weighted by molar-refractivity contribution is -0.141. The van der Waals surface area contributed by atoms with Crippen molar-refractivity contribution in [2.45, 2.75) is 26.3 Å². The van der Waals surface area contributed by atoms with Gasteiger partial charge in [0.1, 0.15) is 0 Å². The molecule has 0 heterocycles. The van der Waals surface area contributed by atoms with Gasteiger partial charge < -0.3 is 10.1 Å². The summed E-state index contributed by atoms with van der Waals surface area (Å²) < 4.78 is 44.7. The Kier molecular flexibility index (Phi) is 5.12. The van der Waals surface area contributed by atoms with Crippen LogP contribution in [0.5, 0.6) is 0 Å². The molecule has 1 aromatic rings. The molecule has 0 saturated carbocycles. The fraction of sp³-hybridized carbons (Fsp3) is 0.385. The number of methoxy groups -OCH3 is 1. The maximum atomic E-state index is 13.9. The summed E-state index contributed by atoms with van der Waals surface area (Å²) in [5, 5.41) is 2.32. The minimum atomic E-state index is -1.65. The van der Waals surface area contributed by atoms with Gasteiger partial charge in [0, 0.05) is 12.5 Å². The van der Waals surface area contributed by atoms with Crippen molar-refractivity contribution in [1.82, 2.24) is 5.32 Å². The van der Waals surface area contributed by atoms with Crippen LogP contribution in [0.2, 0.25) is 0 Å². The van der Waals surface area contributed by atoms with E-state index in [1.165, 1.54) is 6.92 Å². The minimum absolute atomic E-state index is 0.0871. The maximum absolute atomic E-state index is 13.9. The van der Waals surface area contributed by atoms with Gasteiger partial charge >= 0.3 is 5.97 Å². The number of rotatable bonds is 4. The third kappa shape index (κ3) is 3.49. The average Bonchev–Trinajstić information content (AvgIpc) is 2.35. The Hall–Kier alpha value is -2.05. The summed E-state index contributed by atoms with van der Waals surface area (Å²) in [4.78, 5) is 22.4. The van der Waals surface area contributed by atoms with Gasteiger partial charge in [-0.2, -0.15) is 0 Å². The van der Waals surface area contributed by atoms with Crippen molar-refractivity contribution < 1.29 is 27.5 Å². The normalized spacial score (nSPS) is 11.9. The van der Waals surface area contributed by atoms with Gasteiger partial charge in [-0.05, 0) is 18.6 Å². The van der Waals surface area contributed by atoms with Gasteiger partial charge in [0.25, 0.3) is 0 Å². The summed E-state index contributed by atoms with van der Waals surface area (Å²) in [7, 11) is 1.13. The van der Waals surface area contributed by atoms with Gasteiger partial charge in [-0.3, -0.25) is 9.59 Å². The van der Waals surface area contributed by atoms with Crippen molar-refractivity contribution in [3.8, 4) is 0 Å². The minimum Gasteiger partial charge on any atom is -0.469 e. The summed E-state index contributed by atoms with van der Waals surface area (Å²) in [5.74, 6) is -5.66. The van der Waals surface area contributed by atoms with Gasteiger partial charge in [-0.1, -0.05) is 0 Å². The van der Waals surface area contributed by atoms with Gasteiger partial charge in [0.2, 0.25) is 5.91 Å². The van der Waals surface area contributed by atoms with Gasteiger partial charge in [0.15, 0.2) is 17.5 Å². The smallest absolute Gasteiger partial charge is 0.307 e. The first kappa shape index (κ1) is 16.0. The lowest BCUT2D eigenvalue weighted by Gasteiger charge is -2.20. The van der Waals surface area contributed by atoms with Crippen LogP contribution in [0, 0.1) is 24.4 Å². The number of carbonyl (C=O) groups excluding carboxylic acids is 2. The highest BCUT2D eigenvalue weighted by Crippen LogP contribution is 2.27. The van der Waals surface area contributed by atoms with E-state index in [4.69, 9.17) is 0 Å². The number of hydrogen-bond donors (Lipinski definition) is 1. The van der Waals surface area contributed by atoms with Crippen LogP contribution in [0.25, 0.3) is 0 Å². The molecule has 7 heteroatoms. The third-order valence-electron chi connectivity index (χ3n) is 2.73. The predicted octanol–water partition coefficient (Wildman–Crippen LogP) is 2.15. The second-order valence-corrected chi connectivity index (χ2v) is 4.25. The largest absolute Gasteiger partial charge is 0.469 e. The molecule has 20 heavy (non-hydrogen) atoms. The lowest BCUT2D eigenvalue weighted by Crippen LogP contribution is -2.30. The second-order valence-electron chi connectivity index (χ2n) is 4.25. The molecule has 0 spiro atoms. The Morgan fingerprint density at radius 1 is 1.30 bits per heavy atom. The Balaban J connectivity index is 3.29. The van der Waals surface area contributed by atoms with Crippen LogP contribution in [0.4, 0.5) is 13.2 Å². The van der Waals surface area contributed by atoms with Crippen molar-refractivity contribution in [3.05, 3.63) is 34.6 Å².